The third kappa shape index (κ3) is 5.06. The van der Waals surface area contributed by atoms with Gasteiger partial charge in [-0.3, -0.25) is 9.59 Å². The van der Waals surface area contributed by atoms with Crippen LogP contribution in [0.3, 0.4) is 0 Å². The van der Waals surface area contributed by atoms with Gasteiger partial charge >= 0.3 is 11.9 Å². The van der Waals surface area contributed by atoms with Crippen molar-refractivity contribution >= 4 is 23.4 Å². The molecular formula is C29H38N2O5. The molecule has 3 aliphatic rings. The Morgan fingerprint density at radius 2 is 1.67 bits per heavy atom. The molecule has 1 N–H and O–H groups in total. The number of esters is 2. The molecule has 1 saturated carbocycles. The van der Waals surface area contributed by atoms with Gasteiger partial charge in [-0.15, -0.1) is 0 Å². The van der Waals surface area contributed by atoms with Gasteiger partial charge in [-0.25, -0.2) is 4.79 Å². The van der Waals surface area contributed by atoms with Crippen molar-refractivity contribution in [1.82, 2.24) is 5.32 Å². The number of methoxy groups -OCH3 is 1. The van der Waals surface area contributed by atoms with Crippen LogP contribution in [0.25, 0.3) is 0 Å². The minimum Gasteiger partial charge on any atom is -0.468 e. The fourth-order valence-electron chi connectivity index (χ4n) is 5.82. The number of carbonyl (C=O) groups excluding carboxylic acids is 3. The van der Waals surface area contributed by atoms with Crippen molar-refractivity contribution in [3.05, 3.63) is 52.4 Å². The summed E-state index contributed by atoms with van der Waals surface area (Å²) in [4.78, 5) is 42.2. The van der Waals surface area contributed by atoms with Crippen molar-refractivity contribution in [2.75, 3.05) is 26.1 Å². The Bertz CT molecular complexity index is 1080. The molecule has 0 saturated heterocycles. The monoisotopic (exact) mass is 494 g/mol. The highest BCUT2D eigenvalue weighted by Gasteiger charge is 2.47. The maximum Gasteiger partial charge on any atom is 0.337 e. The number of hydrogen-bond acceptors (Lipinski definition) is 7. The molecule has 4 rings (SSSR count). The van der Waals surface area contributed by atoms with E-state index >= 15 is 0 Å². The van der Waals surface area contributed by atoms with Crippen molar-refractivity contribution in [2.24, 2.45) is 11.8 Å². The first kappa shape index (κ1) is 26.0. The van der Waals surface area contributed by atoms with Crippen LogP contribution in [0.5, 0.6) is 0 Å². The SMILES string of the molecule is COC(=O)[C@@H]1C(=O)C2=C(C[C@H]1C)NC(C)=C(C(=O)OC1CCCCCC1)[C@@H]2c1ccc(N(C)C)cc1. The molecule has 0 spiro atoms. The predicted octanol–water partition coefficient (Wildman–Crippen LogP) is 4.63. The zero-order valence-electron chi connectivity index (χ0n) is 22.1. The number of allylic oxidation sites excluding steroid dienone is 3. The van der Waals surface area contributed by atoms with Crippen molar-refractivity contribution in [2.45, 2.75) is 70.8 Å². The second-order valence-corrected chi connectivity index (χ2v) is 10.5. The van der Waals surface area contributed by atoms with Crippen LogP contribution in [-0.4, -0.2) is 45.0 Å². The fraction of sp³-hybridized carbons (Fsp3) is 0.552. The van der Waals surface area contributed by atoms with E-state index in [0.717, 1.165) is 55.5 Å². The number of anilines is 1. The van der Waals surface area contributed by atoms with Gasteiger partial charge in [0, 0.05) is 42.7 Å². The lowest BCUT2D eigenvalue weighted by Crippen LogP contribution is -2.43. The molecule has 0 radical (unpaired) electrons. The number of hydrogen-bond donors (Lipinski definition) is 1. The average molecular weight is 495 g/mol. The maximum absolute atomic E-state index is 13.9. The number of dihydropyridines is 1. The molecule has 7 nitrogen and oxygen atoms in total. The lowest BCUT2D eigenvalue weighted by atomic mass is 9.69. The number of nitrogens with one attached hydrogen (secondary N) is 1. The zero-order valence-corrected chi connectivity index (χ0v) is 22.1. The van der Waals surface area contributed by atoms with Crippen molar-refractivity contribution in [1.29, 1.82) is 0 Å². The Morgan fingerprint density at radius 1 is 1.03 bits per heavy atom. The second kappa shape index (κ2) is 10.9. The number of ketones is 1. The molecule has 0 amide bonds. The first-order valence-electron chi connectivity index (χ1n) is 13.0. The summed E-state index contributed by atoms with van der Waals surface area (Å²) in [6.45, 7) is 3.76. The molecule has 2 aliphatic carbocycles. The van der Waals surface area contributed by atoms with Gasteiger partial charge in [0.15, 0.2) is 5.78 Å². The number of Topliss-reactive ketones (excluding diaryl/α,β-unsaturated/α-hetero) is 1. The van der Waals surface area contributed by atoms with Crippen molar-refractivity contribution < 1.29 is 23.9 Å². The van der Waals surface area contributed by atoms with Crippen LogP contribution >= 0.6 is 0 Å². The van der Waals surface area contributed by atoms with E-state index in [4.69, 9.17) is 9.47 Å². The fourth-order valence-corrected chi connectivity index (χ4v) is 5.82. The minimum absolute atomic E-state index is 0.114. The van der Waals surface area contributed by atoms with Gasteiger partial charge in [-0.1, -0.05) is 31.9 Å². The predicted molar refractivity (Wildman–Crippen MR) is 138 cm³/mol. The summed E-state index contributed by atoms with van der Waals surface area (Å²) in [7, 11) is 5.24. The first-order valence-corrected chi connectivity index (χ1v) is 13.0. The lowest BCUT2D eigenvalue weighted by molar-refractivity contribution is -0.151. The molecule has 1 aliphatic heterocycles. The molecule has 7 heteroatoms. The quantitative estimate of drug-likeness (QED) is 0.363. The summed E-state index contributed by atoms with van der Waals surface area (Å²) < 4.78 is 11.0. The van der Waals surface area contributed by atoms with Gasteiger partial charge in [0.25, 0.3) is 0 Å². The molecule has 1 aromatic rings. The Kier molecular flexibility index (Phi) is 7.86. The van der Waals surface area contributed by atoms with E-state index < -0.39 is 17.8 Å². The third-order valence-electron chi connectivity index (χ3n) is 7.78. The van der Waals surface area contributed by atoms with Crippen LogP contribution in [0.15, 0.2) is 46.8 Å². The van der Waals surface area contributed by atoms with Gasteiger partial charge in [-0.2, -0.15) is 0 Å². The number of nitrogens with zero attached hydrogens (tertiary/aromatic N) is 1. The molecule has 1 heterocycles. The van der Waals surface area contributed by atoms with E-state index in [1.54, 1.807) is 0 Å². The average Bonchev–Trinajstić information content (AvgIpc) is 3.11. The van der Waals surface area contributed by atoms with E-state index in [2.05, 4.69) is 5.32 Å². The summed E-state index contributed by atoms with van der Waals surface area (Å²) in [6, 6.07) is 7.88. The third-order valence-corrected chi connectivity index (χ3v) is 7.78. The topological polar surface area (TPSA) is 84.9 Å². The summed E-state index contributed by atoms with van der Waals surface area (Å²) in [5, 5.41) is 3.34. The van der Waals surface area contributed by atoms with Gasteiger partial charge in [0.05, 0.1) is 12.7 Å². The highest BCUT2D eigenvalue weighted by atomic mass is 16.5. The van der Waals surface area contributed by atoms with E-state index in [1.165, 1.54) is 7.11 Å². The van der Waals surface area contributed by atoms with E-state index in [-0.39, 0.29) is 23.8 Å². The Hall–Kier alpha value is -3.09. The normalized spacial score (nSPS) is 25.0. The maximum atomic E-state index is 13.9. The molecule has 0 unspecified atom stereocenters. The van der Waals surface area contributed by atoms with E-state index in [9.17, 15) is 14.4 Å². The first-order chi connectivity index (χ1) is 17.2. The summed E-state index contributed by atoms with van der Waals surface area (Å²) >= 11 is 0. The van der Waals surface area contributed by atoms with Crippen molar-refractivity contribution in [3.63, 3.8) is 0 Å². The Morgan fingerprint density at radius 3 is 2.25 bits per heavy atom. The van der Waals surface area contributed by atoms with Gasteiger partial charge in [-0.05, 0) is 62.6 Å². The second-order valence-electron chi connectivity index (χ2n) is 10.5. The van der Waals surface area contributed by atoms with Crippen molar-refractivity contribution in [3.8, 4) is 0 Å². The Labute approximate surface area is 213 Å². The largest absolute Gasteiger partial charge is 0.468 e. The number of rotatable bonds is 5. The Balaban J connectivity index is 1.77. The molecule has 36 heavy (non-hydrogen) atoms. The van der Waals surface area contributed by atoms with Gasteiger partial charge in [0.2, 0.25) is 0 Å². The van der Waals surface area contributed by atoms with Crippen LogP contribution in [-0.2, 0) is 23.9 Å². The molecule has 194 valence electrons. The highest BCUT2D eigenvalue weighted by Crippen LogP contribution is 2.46. The molecule has 0 aromatic heterocycles. The minimum atomic E-state index is -0.892. The number of ether oxygens (including phenoxy) is 2. The highest BCUT2D eigenvalue weighted by molar-refractivity contribution is 6.12. The summed E-state index contributed by atoms with van der Waals surface area (Å²) in [5.74, 6) is -2.91. The molecular weight excluding hydrogens is 456 g/mol. The molecule has 1 fully saturated rings. The molecule has 3 atom stereocenters. The molecule has 0 bridgehead atoms. The van der Waals surface area contributed by atoms with Gasteiger partial charge in [0.1, 0.15) is 12.0 Å². The summed E-state index contributed by atoms with van der Waals surface area (Å²) in [6.07, 6.45) is 6.57. The smallest absolute Gasteiger partial charge is 0.337 e. The van der Waals surface area contributed by atoms with E-state index in [1.807, 2.05) is 57.1 Å². The standard InChI is InChI=1S/C29H38N2O5/c1-17-16-22-26(27(32)23(17)28(33)35-5)25(19-12-14-20(15-13-19)31(3)4)24(18(2)30-22)29(34)36-21-10-8-6-7-9-11-21/h12-15,17,21,23,25,30H,6-11,16H2,1-5H3/t17-,23+,25+/m1/s1. The van der Waals surface area contributed by atoms with Crippen LogP contribution in [0.4, 0.5) is 5.69 Å². The van der Waals surface area contributed by atoms with Crippen LogP contribution in [0, 0.1) is 11.8 Å². The lowest BCUT2D eigenvalue weighted by Gasteiger charge is -2.38. The van der Waals surface area contributed by atoms with Gasteiger partial charge < -0.3 is 19.7 Å². The number of carbonyl (C=O) groups is 3. The number of benzene rings is 1. The van der Waals surface area contributed by atoms with Crippen LogP contribution < -0.4 is 10.2 Å². The van der Waals surface area contributed by atoms with Crippen LogP contribution in [0.2, 0.25) is 0 Å². The molecule has 1 aromatic carbocycles. The van der Waals surface area contributed by atoms with Crippen LogP contribution in [0.1, 0.15) is 70.3 Å². The summed E-state index contributed by atoms with van der Waals surface area (Å²) in [5.41, 5.74) is 4.24. The zero-order chi connectivity index (χ0) is 26.0. The van der Waals surface area contributed by atoms with E-state index in [0.29, 0.717) is 23.3 Å².